The molecule has 1 atom stereocenters. The number of hydrogen-bond donors (Lipinski definition) is 2. The molecule has 0 aliphatic carbocycles. The summed E-state index contributed by atoms with van der Waals surface area (Å²) in [4.78, 5) is 19.9. The Morgan fingerprint density at radius 3 is 2.20 bits per heavy atom. The monoisotopic (exact) mass is 166 g/mol. The van der Waals surface area contributed by atoms with E-state index in [0.717, 1.165) is 0 Å². The molecule has 4 nitrogen and oxygen atoms in total. The van der Waals surface area contributed by atoms with Gasteiger partial charge < -0.3 is 10.2 Å². The minimum Gasteiger partial charge on any atom is -0.481 e. The number of carboxylic acid groups (broad SMARTS) is 2. The van der Waals surface area contributed by atoms with Crippen LogP contribution in [0.15, 0.2) is 0 Å². The fourth-order valence-corrected chi connectivity index (χ4v) is 0.483. The molecule has 0 saturated carbocycles. The maximum atomic E-state index is 9.99. The summed E-state index contributed by atoms with van der Waals surface area (Å²) in [7, 11) is 0. The first-order chi connectivity index (χ1) is 4.54. The zero-order chi connectivity index (χ0) is 8.15. The van der Waals surface area contributed by atoms with E-state index in [9.17, 15) is 9.59 Å². The van der Waals surface area contributed by atoms with Crippen LogP contribution in [0.4, 0.5) is 0 Å². The molecular weight excluding hydrogens is 160 g/mol. The van der Waals surface area contributed by atoms with Gasteiger partial charge >= 0.3 is 11.9 Å². The molecule has 0 amide bonds. The van der Waals surface area contributed by atoms with E-state index in [4.69, 9.17) is 21.8 Å². The summed E-state index contributed by atoms with van der Waals surface area (Å²) in [6.45, 7) is 0. The van der Waals surface area contributed by atoms with Crippen molar-refractivity contribution in [3.8, 4) is 0 Å². The summed E-state index contributed by atoms with van der Waals surface area (Å²) in [5.74, 6) is -2.21. The van der Waals surface area contributed by atoms with Crippen molar-refractivity contribution in [3.63, 3.8) is 0 Å². The van der Waals surface area contributed by atoms with E-state index in [2.05, 4.69) is 0 Å². The molecule has 0 unspecified atom stereocenters. The lowest BCUT2D eigenvalue weighted by atomic mass is 10.2. The summed E-state index contributed by atoms with van der Waals surface area (Å²) in [5, 5.41) is 15.2. The second-order valence-corrected chi connectivity index (χ2v) is 2.27. The van der Waals surface area contributed by atoms with Gasteiger partial charge in [-0.1, -0.05) is 0 Å². The van der Waals surface area contributed by atoms with Crippen LogP contribution in [0.3, 0.4) is 0 Å². The molecule has 0 aromatic carbocycles. The minimum atomic E-state index is -1.18. The van der Waals surface area contributed by atoms with Crippen molar-refractivity contribution in [2.75, 3.05) is 0 Å². The lowest BCUT2D eigenvalue weighted by molar-refractivity contribution is -0.138. The number of aliphatic carboxylic acids is 2. The van der Waals surface area contributed by atoms with Crippen LogP contribution in [0.2, 0.25) is 0 Å². The smallest absolute Gasteiger partial charge is 0.321 e. The van der Waals surface area contributed by atoms with Gasteiger partial charge in [0.25, 0.3) is 0 Å². The van der Waals surface area contributed by atoms with Gasteiger partial charge in [-0.3, -0.25) is 9.59 Å². The molecule has 10 heavy (non-hydrogen) atoms. The number of rotatable bonds is 4. The highest BCUT2D eigenvalue weighted by molar-refractivity contribution is 6.29. The summed E-state index contributed by atoms with van der Waals surface area (Å²) in [6, 6.07) is 0. The van der Waals surface area contributed by atoms with Crippen molar-refractivity contribution < 1.29 is 19.8 Å². The van der Waals surface area contributed by atoms with E-state index >= 15 is 0 Å². The maximum Gasteiger partial charge on any atom is 0.321 e. The molecule has 0 rings (SSSR count). The van der Waals surface area contributed by atoms with Gasteiger partial charge in [0.15, 0.2) is 0 Å². The molecule has 0 radical (unpaired) electrons. The first-order valence-electron chi connectivity index (χ1n) is 2.62. The van der Waals surface area contributed by atoms with E-state index in [1.807, 2.05) is 0 Å². The quantitative estimate of drug-likeness (QED) is 0.598. The summed E-state index contributed by atoms with van der Waals surface area (Å²) < 4.78 is 0. The van der Waals surface area contributed by atoms with Crippen molar-refractivity contribution in [2.45, 2.75) is 18.2 Å². The lowest BCUT2D eigenvalue weighted by Gasteiger charge is -1.98. The van der Waals surface area contributed by atoms with E-state index in [1.54, 1.807) is 0 Å². The Bertz CT molecular complexity index is 145. The van der Waals surface area contributed by atoms with Gasteiger partial charge in [0, 0.05) is 6.42 Å². The van der Waals surface area contributed by atoms with Crippen LogP contribution in [0.1, 0.15) is 12.8 Å². The number of alkyl halides is 1. The standard InChI is InChI=1S/C5H7ClO4/c6-3(5(9)10)1-2-4(7)8/h3H,1-2H2,(H,7,8)(H,9,10)/t3-/m1/s1. The summed E-state index contributed by atoms with van der Waals surface area (Å²) in [6.07, 6.45) is -0.243. The molecule has 0 saturated heterocycles. The second-order valence-electron chi connectivity index (χ2n) is 1.74. The van der Waals surface area contributed by atoms with E-state index in [-0.39, 0.29) is 12.8 Å². The Balaban J connectivity index is 3.49. The molecule has 0 aliphatic heterocycles. The maximum absolute atomic E-state index is 9.99. The topological polar surface area (TPSA) is 74.6 Å². The Labute approximate surface area is 62.4 Å². The Morgan fingerprint density at radius 1 is 1.40 bits per heavy atom. The average Bonchev–Trinajstić information content (AvgIpc) is 1.82. The van der Waals surface area contributed by atoms with Gasteiger partial charge in [-0.2, -0.15) is 0 Å². The van der Waals surface area contributed by atoms with Gasteiger partial charge in [0.05, 0.1) is 0 Å². The van der Waals surface area contributed by atoms with E-state index < -0.39 is 17.3 Å². The summed E-state index contributed by atoms with van der Waals surface area (Å²) >= 11 is 5.20. The van der Waals surface area contributed by atoms with Gasteiger partial charge in [0.2, 0.25) is 0 Å². The van der Waals surface area contributed by atoms with Crippen molar-refractivity contribution in [1.29, 1.82) is 0 Å². The first kappa shape index (κ1) is 9.23. The van der Waals surface area contributed by atoms with Gasteiger partial charge in [-0.15, -0.1) is 11.6 Å². The third-order valence-electron chi connectivity index (χ3n) is 0.880. The van der Waals surface area contributed by atoms with Crippen LogP contribution >= 0.6 is 11.6 Å². The third kappa shape index (κ3) is 4.14. The molecule has 0 aromatic rings. The fraction of sp³-hybridized carbons (Fsp3) is 0.600. The van der Waals surface area contributed by atoms with Gasteiger partial charge in [0.1, 0.15) is 5.38 Å². The Morgan fingerprint density at radius 2 is 1.90 bits per heavy atom. The molecule has 0 aromatic heterocycles. The normalized spacial score (nSPS) is 12.5. The third-order valence-corrected chi connectivity index (χ3v) is 1.28. The molecule has 0 aliphatic rings. The number of halogens is 1. The molecule has 58 valence electrons. The van der Waals surface area contributed by atoms with E-state index in [1.165, 1.54) is 0 Å². The van der Waals surface area contributed by atoms with Gasteiger partial charge in [-0.25, -0.2) is 0 Å². The first-order valence-corrected chi connectivity index (χ1v) is 3.06. The molecule has 0 bridgehead atoms. The predicted molar refractivity (Wildman–Crippen MR) is 34.1 cm³/mol. The second kappa shape index (κ2) is 4.11. The number of carbonyl (C=O) groups is 2. The predicted octanol–water partition coefficient (Wildman–Crippen LogP) is 0.543. The SMILES string of the molecule is O=C(O)CC[C@@H](Cl)C(=O)O. The van der Waals surface area contributed by atoms with Crippen molar-refractivity contribution in [3.05, 3.63) is 0 Å². The van der Waals surface area contributed by atoms with Crippen molar-refractivity contribution in [2.24, 2.45) is 0 Å². The Kier molecular flexibility index (Phi) is 3.79. The van der Waals surface area contributed by atoms with Crippen LogP contribution in [0.25, 0.3) is 0 Å². The Hall–Kier alpha value is -0.770. The highest BCUT2D eigenvalue weighted by atomic mass is 35.5. The largest absolute Gasteiger partial charge is 0.481 e. The minimum absolute atomic E-state index is 0.0355. The molecule has 0 heterocycles. The molecular formula is C5H7ClO4. The highest BCUT2D eigenvalue weighted by Crippen LogP contribution is 2.04. The lowest BCUT2D eigenvalue weighted by Crippen LogP contribution is -2.14. The zero-order valence-corrected chi connectivity index (χ0v) is 5.84. The average molecular weight is 167 g/mol. The van der Waals surface area contributed by atoms with Crippen LogP contribution in [-0.4, -0.2) is 27.5 Å². The van der Waals surface area contributed by atoms with Crippen LogP contribution in [-0.2, 0) is 9.59 Å². The van der Waals surface area contributed by atoms with Crippen LogP contribution in [0, 0.1) is 0 Å². The molecule has 0 fully saturated rings. The van der Waals surface area contributed by atoms with Crippen LogP contribution < -0.4 is 0 Å². The molecule has 2 N–H and O–H groups in total. The van der Waals surface area contributed by atoms with E-state index in [0.29, 0.717) is 0 Å². The zero-order valence-electron chi connectivity index (χ0n) is 5.08. The fourth-order valence-electron chi connectivity index (χ4n) is 0.374. The van der Waals surface area contributed by atoms with Crippen molar-refractivity contribution in [1.82, 2.24) is 0 Å². The molecule has 5 heteroatoms. The molecule has 0 spiro atoms. The van der Waals surface area contributed by atoms with Crippen LogP contribution in [0.5, 0.6) is 0 Å². The number of hydrogen-bond acceptors (Lipinski definition) is 2. The highest BCUT2D eigenvalue weighted by Gasteiger charge is 2.14. The van der Waals surface area contributed by atoms with Gasteiger partial charge in [-0.05, 0) is 6.42 Å². The summed E-state index contributed by atoms with van der Waals surface area (Å²) in [5.41, 5.74) is 0. The number of carboxylic acids is 2. The van der Waals surface area contributed by atoms with Crippen molar-refractivity contribution >= 4 is 23.5 Å².